The van der Waals surface area contributed by atoms with E-state index in [0.29, 0.717) is 28.7 Å². The van der Waals surface area contributed by atoms with E-state index in [9.17, 15) is 9.59 Å². The molecule has 1 aromatic heterocycles. The van der Waals surface area contributed by atoms with Crippen LogP contribution in [0.4, 0.5) is 0 Å². The highest BCUT2D eigenvalue weighted by Crippen LogP contribution is 2.28. The summed E-state index contributed by atoms with van der Waals surface area (Å²) in [5.74, 6) is 0.829. The Labute approximate surface area is 199 Å². The van der Waals surface area contributed by atoms with E-state index >= 15 is 0 Å². The quantitative estimate of drug-likeness (QED) is 0.415. The topological polar surface area (TPSA) is 89.8 Å². The number of rotatable bonds is 10. The molecule has 0 saturated heterocycles. The van der Waals surface area contributed by atoms with Gasteiger partial charge in [-0.25, -0.2) is 0 Å². The first-order valence-electron chi connectivity index (χ1n) is 11.1. The molecule has 2 amide bonds. The molecule has 0 unspecified atom stereocenters. The number of ether oxygens (including phenoxy) is 2. The average Bonchev–Trinajstić information content (AvgIpc) is 3.36. The molecule has 0 fully saturated rings. The molecule has 34 heavy (non-hydrogen) atoms. The molecule has 3 rings (SSSR count). The lowest BCUT2D eigenvalue weighted by Crippen LogP contribution is -2.37. The number of methoxy groups -OCH3 is 2. The fourth-order valence-corrected chi connectivity index (χ4v) is 3.52. The second-order valence-corrected chi connectivity index (χ2v) is 8.16. The maximum Gasteiger partial charge on any atom is 0.268 e. The summed E-state index contributed by atoms with van der Waals surface area (Å²) < 4.78 is 15.9. The largest absolute Gasteiger partial charge is 0.493 e. The summed E-state index contributed by atoms with van der Waals surface area (Å²) in [7, 11) is 3.01. The van der Waals surface area contributed by atoms with Crippen molar-refractivity contribution in [3.05, 3.63) is 89.5 Å². The van der Waals surface area contributed by atoms with Crippen LogP contribution in [0.5, 0.6) is 11.5 Å². The van der Waals surface area contributed by atoms with Crippen LogP contribution in [0.3, 0.4) is 0 Å². The van der Waals surface area contributed by atoms with Gasteiger partial charge in [-0.05, 0) is 48.2 Å². The number of benzene rings is 2. The van der Waals surface area contributed by atoms with Gasteiger partial charge < -0.3 is 24.5 Å². The SMILES string of the molecule is COc1ccc(C(=O)N/C(=C\c2ccco2)C(=O)N[C@@H](CC(C)C)c2ccccc2)cc1OC. The number of furan rings is 1. The summed E-state index contributed by atoms with van der Waals surface area (Å²) >= 11 is 0. The lowest BCUT2D eigenvalue weighted by atomic mass is 9.97. The zero-order valence-electron chi connectivity index (χ0n) is 19.8. The molecule has 1 atom stereocenters. The number of hydrogen-bond acceptors (Lipinski definition) is 5. The van der Waals surface area contributed by atoms with Crippen molar-refractivity contribution in [2.24, 2.45) is 5.92 Å². The predicted molar refractivity (Wildman–Crippen MR) is 130 cm³/mol. The van der Waals surface area contributed by atoms with Gasteiger partial charge in [-0.15, -0.1) is 0 Å². The van der Waals surface area contributed by atoms with Crippen molar-refractivity contribution in [1.29, 1.82) is 0 Å². The van der Waals surface area contributed by atoms with E-state index in [0.717, 1.165) is 12.0 Å². The molecule has 7 nitrogen and oxygen atoms in total. The Morgan fingerprint density at radius 1 is 0.971 bits per heavy atom. The van der Waals surface area contributed by atoms with Gasteiger partial charge in [0.25, 0.3) is 11.8 Å². The molecule has 7 heteroatoms. The van der Waals surface area contributed by atoms with Crippen LogP contribution in [0.25, 0.3) is 6.08 Å². The maximum atomic E-state index is 13.3. The third kappa shape index (κ3) is 6.51. The summed E-state index contributed by atoms with van der Waals surface area (Å²) in [6.45, 7) is 4.20. The van der Waals surface area contributed by atoms with Crippen molar-refractivity contribution in [2.45, 2.75) is 26.3 Å². The van der Waals surface area contributed by atoms with Gasteiger partial charge in [-0.1, -0.05) is 44.2 Å². The first kappa shape index (κ1) is 24.6. The van der Waals surface area contributed by atoms with Gasteiger partial charge in [-0.3, -0.25) is 9.59 Å². The molecule has 0 aliphatic carbocycles. The highest BCUT2D eigenvalue weighted by Gasteiger charge is 2.21. The molecule has 178 valence electrons. The number of nitrogens with one attached hydrogen (secondary N) is 2. The molecular weight excluding hydrogens is 432 g/mol. The van der Waals surface area contributed by atoms with E-state index in [1.807, 2.05) is 30.3 Å². The van der Waals surface area contributed by atoms with E-state index in [1.54, 1.807) is 30.3 Å². The highest BCUT2D eigenvalue weighted by atomic mass is 16.5. The Hall–Kier alpha value is -4.00. The third-order valence-electron chi connectivity index (χ3n) is 5.18. The van der Waals surface area contributed by atoms with Crippen LogP contribution < -0.4 is 20.1 Å². The summed E-state index contributed by atoms with van der Waals surface area (Å²) in [5.41, 5.74) is 1.38. The van der Waals surface area contributed by atoms with Crippen LogP contribution in [-0.2, 0) is 4.79 Å². The van der Waals surface area contributed by atoms with Crippen molar-refractivity contribution < 1.29 is 23.5 Å². The van der Waals surface area contributed by atoms with Gasteiger partial charge in [0.15, 0.2) is 11.5 Å². The number of amides is 2. The molecule has 0 radical (unpaired) electrons. The van der Waals surface area contributed by atoms with Crippen LogP contribution in [0.1, 0.15) is 48.0 Å². The molecule has 0 bridgehead atoms. The molecule has 1 heterocycles. The van der Waals surface area contributed by atoms with Crippen molar-refractivity contribution >= 4 is 17.9 Å². The van der Waals surface area contributed by atoms with Crippen LogP contribution in [0, 0.1) is 5.92 Å². The van der Waals surface area contributed by atoms with Crippen LogP contribution in [0.2, 0.25) is 0 Å². The Balaban J connectivity index is 1.87. The molecular formula is C27H30N2O5. The molecule has 2 aromatic carbocycles. The minimum atomic E-state index is -0.464. The van der Waals surface area contributed by atoms with Crippen molar-refractivity contribution in [3.63, 3.8) is 0 Å². The van der Waals surface area contributed by atoms with Gasteiger partial charge in [0.2, 0.25) is 0 Å². The van der Waals surface area contributed by atoms with Crippen LogP contribution >= 0.6 is 0 Å². The summed E-state index contributed by atoms with van der Waals surface area (Å²) in [5, 5.41) is 5.79. The zero-order chi connectivity index (χ0) is 24.5. The second-order valence-electron chi connectivity index (χ2n) is 8.16. The molecule has 3 aromatic rings. The zero-order valence-corrected chi connectivity index (χ0v) is 19.8. The Kier molecular flexibility index (Phi) is 8.51. The molecule has 2 N–H and O–H groups in total. The van der Waals surface area contributed by atoms with Gasteiger partial charge in [0.1, 0.15) is 11.5 Å². The Bertz CT molecular complexity index is 1120. The molecule has 0 aliphatic rings. The van der Waals surface area contributed by atoms with Gasteiger partial charge in [0, 0.05) is 11.6 Å². The van der Waals surface area contributed by atoms with Crippen LogP contribution in [-0.4, -0.2) is 26.0 Å². The maximum absolute atomic E-state index is 13.3. The third-order valence-corrected chi connectivity index (χ3v) is 5.18. The lowest BCUT2D eigenvalue weighted by molar-refractivity contribution is -0.118. The number of carbonyl (C=O) groups is 2. The second kappa shape index (κ2) is 11.7. The molecule has 0 aliphatic heterocycles. The summed E-state index contributed by atoms with van der Waals surface area (Å²) in [6.07, 6.45) is 3.75. The van der Waals surface area contributed by atoms with E-state index in [4.69, 9.17) is 13.9 Å². The predicted octanol–water partition coefficient (Wildman–Crippen LogP) is 4.97. The molecule has 0 spiro atoms. The number of carbonyl (C=O) groups excluding carboxylic acids is 2. The fraction of sp³-hybridized carbons (Fsp3) is 0.259. The van der Waals surface area contributed by atoms with E-state index in [2.05, 4.69) is 24.5 Å². The first-order chi connectivity index (χ1) is 16.4. The van der Waals surface area contributed by atoms with E-state index in [1.165, 1.54) is 26.6 Å². The fourth-order valence-electron chi connectivity index (χ4n) is 3.52. The minimum Gasteiger partial charge on any atom is -0.493 e. The molecule has 0 saturated carbocycles. The van der Waals surface area contributed by atoms with Gasteiger partial charge in [-0.2, -0.15) is 0 Å². The first-order valence-corrected chi connectivity index (χ1v) is 11.1. The van der Waals surface area contributed by atoms with Crippen molar-refractivity contribution in [1.82, 2.24) is 10.6 Å². The Morgan fingerprint density at radius 2 is 1.71 bits per heavy atom. The monoisotopic (exact) mass is 462 g/mol. The van der Waals surface area contributed by atoms with Crippen molar-refractivity contribution in [2.75, 3.05) is 14.2 Å². The Morgan fingerprint density at radius 3 is 2.32 bits per heavy atom. The van der Waals surface area contributed by atoms with Gasteiger partial charge in [0.05, 0.1) is 26.5 Å². The standard InChI is InChI=1S/C27H30N2O5/c1-18(2)15-22(19-9-6-5-7-10-19)28-27(31)23(17-21-11-8-14-34-21)29-26(30)20-12-13-24(32-3)25(16-20)33-4/h5-14,16-18,22H,15H2,1-4H3,(H,28,31)(H,29,30)/b23-17-/t22-/m0/s1. The normalized spacial score (nSPS) is 12.2. The number of hydrogen-bond donors (Lipinski definition) is 2. The summed E-state index contributed by atoms with van der Waals surface area (Å²) in [4.78, 5) is 26.4. The van der Waals surface area contributed by atoms with E-state index < -0.39 is 11.8 Å². The lowest BCUT2D eigenvalue weighted by Gasteiger charge is -2.22. The van der Waals surface area contributed by atoms with Crippen molar-refractivity contribution in [3.8, 4) is 11.5 Å². The average molecular weight is 463 g/mol. The smallest absolute Gasteiger partial charge is 0.268 e. The highest BCUT2D eigenvalue weighted by molar-refractivity contribution is 6.05. The van der Waals surface area contributed by atoms with Gasteiger partial charge >= 0.3 is 0 Å². The minimum absolute atomic E-state index is 0.0689. The van der Waals surface area contributed by atoms with E-state index in [-0.39, 0.29) is 11.7 Å². The van der Waals surface area contributed by atoms with Crippen LogP contribution in [0.15, 0.2) is 77.0 Å². The summed E-state index contributed by atoms with van der Waals surface area (Å²) in [6, 6.07) is 17.8.